The molecule has 5 nitrogen and oxygen atoms in total. The highest BCUT2D eigenvalue weighted by atomic mass is 35.5. The van der Waals surface area contributed by atoms with E-state index in [4.69, 9.17) is 11.6 Å². The zero-order chi connectivity index (χ0) is 21.2. The fourth-order valence-electron chi connectivity index (χ4n) is 5.42. The molecule has 156 valence electrons. The number of carbonyl (C=O) groups is 1. The molecule has 2 saturated carbocycles. The minimum atomic E-state index is -0.136. The predicted octanol–water partition coefficient (Wildman–Crippen LogP) is 5.25. The first-order chi connectivity index (χ1) is 15.0. The van der Waals surface area contributed by atoms with Gasteiger partial charge in [-0.15, -0.1) is 11.3 Å². The summed E-state index contributed by atoms with van der Waals surface area (Å²) in [5.41, 5.74) is 1.16. The molecule has 2 aromatic carbocycles. The molecular formula is C24H20ClN3O2S. The summed E-state index contributed by atoms with van der Waals surface area (Å²) in [5.74, 6) is 0.368. The van der Waals surface area contributed by atoms with Crippen LogP contribution < -0.4 is 10.9 Å². The lowest BCUT2D eigenvalue weighted by atomic mass is 9.49. The number of thiophene rings is 1. The Labute approximate surface area is 187 Å². The average molecular weight is 450 g/mol. The number of carbonyl (C=O) groups excluding carboxylic acids is 1. The smallest absolute Gasteiger partial charge is 0.272 e. The molecule has 0 atom stereocenters. The number of aromatic amines is 1. The van der Waals surface area contributed by atoms with Gasteiger partial charge in [-0.05, 0) is 60.7 Å². The van der Waals surface area contributed by atoms with Gasteiger partial charge in [0.05, 0.1) is 16.0 Å². The Morgan fingerprint density at radius 1 is 1.10 bits per heavy atom. The Morgan fingerprint density at radius 3 is 2.68 bits per heavy atom. The second kappa shape index (κ2) is 6.90. The number of benzene rings is 2. The van der Waals surface area contributed by atoms with Crippen LogP contribution in [0.25, 0.3) is 20.9 Å². The number of fused-ring (bicyclic) bond motifs is 2. The maximum absolute atomic E-state index is 12.7. The van der Waals surface area contributed by atoms with E-state index in [9.17, 15) is 9.59 Å². The van der Waals surface area contributed by atoms with Gasteiger partial charge in [0.1, 0.15) is 0 Å². The molecule has 2 fully saturated rings. The maximum atomic E-state index is 12.7. The fourth-order valence-corrected chi connectivity index (χ4v) is 6.66. The highest BCUT2D eigenvalue weighted by Crippen LogP contribution is 2.62. The molecule has 0 bridgehead atoms. The van der Waals surface area contributed by atoms with Gasteiger partial charge in [-0.25, -0.2) is 5.10 Å². The monoisotopic (exact) mass is 449 g/mol. The molecule has 7 heteroatoms. The fraction of sp³-hybridized carbons (Fsp3) is 0.292. The van der Waals surface area contributed by atoms with E-state index < -0.39 is 0 Å². The number of aromatic nitrogens is 2. The Kier molecular flexibility index (Phi) is 4.24. The zero-order valence-corrected chi connectivity index (χ0v) is 18.2. The van der Waals surface area contributed by atoms with Gasteiger partial charge in [0.2, 0.25) is 0 Å². The standard InChI is InChI=1S/C24H20ClN3O2S/c25-15-6-5-13-7-20(31-19(13)8-15)23(30)26-16-11-24(12-16)9-14(10-24)21-17-3-1-2-4-18(17)22(29)28-27-21/h1-8,14,16H,9-12H2,(H,26,30)(H,28,29)/t14-,16-,24?. The van der Waals surface area contributed by atoms with Gasteiger partial charge in [0.15, 0.2) is 0 Å². The highest BCUT2D eigenvalue weighted by molar-refractivity contribution is 7.20. The van der Waals surface area contributed by atoms with Crippen molar-refractivity contribution in [3.05, 3.63) is 74.5 Å². The molecule has 4 aromatic rings. The van der Waals surface area contributed by atoms with Crippen LogP contribution in [0.3, 0.4) is 0 Å². The molecule has 2 aliphatic rings. The predicted molar refractivity (Wildman–Crippen MR) is 124 cm³/mol. The second-order valence-corrected chi connectivity index (χ2v) is 10.5. The lowest BCUT2D eigenvalue weighted by molar-refractivity contribution is -0.0196. The van der Waals surface area contributed by atoms with E-state index in [0.29, 0.717) is 21.7 Å². The van der Waals surface area contributed by atoms with E-state index in [1.807, 2.05) is 48.5 Å². The van der Waals surface area contributed by atoms with E-state index in [-0.39, 0.29) is 17.5 Å². The van der Waals surface area contributed by atoms with Gasteiger partial charge in [-0.3, -0.25) is 9.59 Å². The molecule has 1 spiro atoms. The normalized spacial score (nSPS) is 24.8. The first-order valence-electron chi connectivity index (χ1n) is 10.5. The van der Waals surface area contributed by atoms with Gasteiger partial charge in [0.25, 0.3) is 11.5 Å². The van der Waals surface area contributed by atoms with Crippen molar-refractivity contribution in [1.29, 1.82) is 0 Å². The van der Waals surface area contributed by atoms with E-state index in [1.54, 1.807) is 0 Å². The summed E-state index contributed by atoms with van der Waals surface area (Å²) in [6, 6.07) is 15.5. The van der Waals surface area contributed by atoms with Crippen LogP contribution in [0.2, 0.25) is 5.02 Å². The van der Waals surface area contributed by atoms with Crippen LogP contribution in [0.5, 0.6) is 0 Å². The number of rotatable bonds is 3. The Hall–Kier alpha value is -2.70. The highest BCUT2D eigenvalue weighted by Gasteiger charge is 2.54. The Bertz CT molecular complexity index is 1390. The van der Waals surface area contributed by atoms with Gasteiger partial charge in [0, 0.05) is 27.1 Å². The lowest BCUT2D eigenvalue weighted by Crippen LogP contribution is -2.55. The minimum Gasteiger partial charge on any atom is -0.349 e. The van der Waals surface area contributed by atoms with Crippen LogP contribution in [-0.4, -0.2) is 22.1 Å². The summed E-state index contributed by atoms with van der Waals surface area (Å²) in [5, 5.41) is 13.6. The number of halogens is 1. The van der Waals surface area contributed by atoms with Crippen molar-refractivity contribution in [2.24, 2.45) is 5.41 Å². The second-order valence-electron chi connectivity index (χ2n) is 8.96. The van der Waals surface area contributed by atoms with Crippen molar-refractivity contribution in [2.45, 2.75) is 37.6 Å². The van der Waals surface area contributed by atoms with Gasteiger partial charge in [-0.2, -0.15) is 5.10 Å². The minimum absolute atomic E-state index is 0.00124. The lowest BCUT2D eigenvalue weighted by Gasteiger charge is -2.57. The van der Waals surface area contributed by atoms with Crippen LogP contribution in [0.1, 0.15) is 47.0 Å². The molecule has 0 radical (unpaired) electrons. The summed E-state index contributed by atoms with van der Waals surface area (Å²) in [6.45, 7) is 0. The molecule has 31 heavy (non-hydrogen) atoms. The summed E-state index contributed by atoms with van der Waals surface area (Å²) in [6.07, 6.45) is 4.13. The third-order valence-corrected chi connectivity index (χ3v) is 8.20. The van der Waals surface area contributed by atoms with Crippen molar-refractivity contribution in [3.8, 4) is 0 Å². The molecule has 0 aliphatic heterocycles. The van der Waals surface area contributed by atoms with Crippen LogP contribution in [0, 0.1) is 5.41 Å². The van der Waals surface area contributed by atoms with Crippen LogP contribution >= 0.6 is 22.9 Å². The number of nitrogens with zero attached hydrogens (tertiary/aromatic N) is 1. The first-order valence-corrected chi connectivity index (χ1v) is 11.7. The molecule has 1 amide bonds. The van der Waals surface area contributed by atoms with E-state index in [0.717, 1.165) is 51.7 Å². The van der Waals surface area contributed by atoms with Gasteiger partial charge >= 0.3 is 0 Å². The van der Waals surface area contributed by atoms with Crippen molar-refractivity contribution in [3.63, 3.8) is 0 Å². The zero-order valence-electron chi connectivity index (χ0n) is 16.7. The molecular weight excluding hydrogens is 430 g/mol. The quantitative estimate of drug-likeness (QED) is 0.448. The first kappa shape index (κ1) is 19.0. The largest absolute Gasteiger partial charge is 0.349 e. The van der Waals surface area contributed by atoms with Crippen molar-refractivity contribution >= 4 is 49.7 Å². The van der Waals surface area contributed by atoms with Crippen molar-refractivity contribution < 1.29 is 4.79 Å². The molecule has 6 rings (SSSR count). The Balaban J connectivity index is 1.10. The molecule has 2 aromatic heterocycles. The number of amides is 1. The SMILES string of the molecule is O=C(N[C@H]1CC2(C1)C[C@H](c1n[nH]c(=O)c3ccccc31)C2)c1cc2ccc(Cl)cc2s1. The van der Waals surface area contributed by atoms with E-state index in [2.05, 4.69) is 15.5 Å². The van der Waals surface area contributed by atoms with Crippen LogP contribution in [-0.2, 0) is 0 Å². The van der Waals surface area contributed by atoms with Crippen molar-refractivity contribution in [1.82, 2.24) is 15.5 Å². The van der Waals surface area contributed by atoms with Crippen LogP contribution in [0.4, 0.5) is 0 Å². The van der Waals surface area contributed by atoms with Crippen molar-refractivity contribution in [2.75, 3.05) is 0 Å². The molecule has 2 aliphatic carbocycles. The number of hydrogen-bond acceptors (Lipinski definition) is 4. The summed E-state index contributed by atoms with van der Waals surface area (Å²) < 4.78 is 1.03. The third-order valence-electron chi connectivity index (χ3n) is 6.87. The van der Waals surface area contributed by atoms with Gasteiger partial charge in [-0.1, -0.05) is 35.9 Å². The number of nitrogens with one attached hydrogen (secondary N) is 2. The molecule has 0 unspecified atom stereocenters. The molecule has 2 N–H and O–H groups in total. The van der Waals surface area contributed by atoms with E-state index >= 15 is 0 Å². The van der Waals surface area contributed by atoms with E-state index in [1.165, 1.54) is 11.3 Å². The number of hydrogen-bond donors (Lipinski definition) is 2. The average Bonchev–Trinajstić information content (AvgIpc) is 3.13. The van der Waals surface area contributed by atoms with Crippen LogP contribution in [0.15, 0.2) is 53.3 Å². The summed E-state index contributed by atoms with van der Waals surface area (Å²) in [4.78, 5) is 25.5. The molecule has 0 saturated heterocycles. The third kappa shape index (κ3) is 3.17. The summed E-state index contributed by atoms with van der Waals surface area (Å²) in [7, 11) is 0. The Morgan fingerprint density at radius 2 is 1.87 bits per heavy atom. The molecule has 2 heterocycles. The number of H-pyrrole nitrogens is 1. The topological polar surface area (TPSA) is 74.8 Å². The summed E-state index contributed by atoms with van der Waals surface area (Å²) >= 11 is 7.54. The maximum Gasteiger partial charge on any atom is 0.272 e. The van der Waals surface area contributed by atoms with Gasteiger partial charge < -0.3 is 5.32 Å².